The van der Waals surface area contributed by atoms with Gasteiger partial charge in [0.1, 0.15) is 0 Å². The van der Waals surface area contributed by atoms with Crippen LogP contribution in [0.25, 0.3) is 0 Å². The van der Waals surface area contributed by atoms with Gasteiger partial charge < -0.3 is 0 Å². The van der Waals surface area contributed by atoms with Crippen LogP contribution in [0.3, 0.4) is 0 Å². The first-order valence-corrected chi connectivity index (χ1v) is 3.11. The highest BCUT2D eigenvalue weighted by molar-refractivity contribution is 5.20. The molecule has 1 aromatic heterocycles. The van der Waals surface area contributed by atoms with Crippen LogP contribution in [0.4, 0.5) is 17.6 Å². The zero-order chi connectivity index (χ0) is 9.35. The molecule has 0 aliphatic heterocycles. The number of alkyl halides is 3. The van der Waals surface area contributed by atoms with Crippen molar-refractivity contribution in [1.82, 2.24) is 4.98 Å². The molecule has 0 N–H and O–H groups in total. The molecule has 5 heteroatoms. The standard InChI is InChI=1S/C7H5F4N/c1-4-2-3-5(8)12-6(4)7(9,10)11/h2-3H,1H3. The van der Waals surface area contributed by atoms with Gasteiger partial charge in [-0.3, -0.25) is 0 Å². The summed E-state index contributed by atoms with van der Waals surface area (Å²) in [6.07, 6.45) is -4.58. The Labute approximate surface area is 66.0 Å². The summed E-state index contributed by atoms with van der Waals surface area (Å²) in [5, 5.41) is 0. The second-order valence-electron chi connectivity index (χ2n) is 2.30. The summed E-state index contributed by atoms with van der Waals surface area (Å²) in [4.78, 5) is 2.75. The van der Waals surface area contributed by atoms with Crippen LogP contribution in [0.2, 0.25) is 0 Å². The van der Waals surface area contributed by atoms with Gasteiger partial charge in [-0.2, -0.15) is 17.6 Å². The first-order valence-electron chi connectivity index (χ1n) is 3.11. The van der Waals surface area contributed by atoms with Gasteiger partial charge in [-0.15, -0.1) is 0 Å². The van der Waals surface area contributed by atoms with Gasteiger partial charge in [-0.1, -0.05) is 6.07 Å². The molecule has 0 radical (unpaired) electrons. The minimum absolute atomic E-state index is 0.0797. The van der Waals surface area contributed by atoms with Crippen molar-refractivity contribution in [3.05, 3.63) is 29.3 Å². The number of hydrogen-bond acceptors (Lipinski definition) is 1. The number of rotatable bonds is 0. The van der Waals surface area contributed by atoms with Crippen molar-refractivity contribution in [3.63, 3.8) is 0 Å². The monoisotopic (exact) mass is 179 g/mol. The number of nitrogens with zero attached hydrogens (tertiary/aromatic N) is 1. The van der Waals surface area contributed by atoms with Crippen molar-refractivity contribution in [2.24, 2.45) is 0 Å². The summed E-state index contributed by atoms with van der Waals surface area (Å²) in [5.41, 5.74) is -1.24. The smallest absolute Gasteiger partial charge is 0.215 e. The summed E-state index contributed by atoms with van der Waals surface area (Å²) >= 11 is 0. The number of halogens is 4. The summed E-state index contributed by atoms with van der Waals surface area (Å²) in [7, 11) is 0. The molecule has 0 bridgehead atoms. The number of aromatic nitrogens is 1. The minimum atomic E-state index is -4.58. The fraction of sp³-hybridized carbons (Fsp3) is 0.286. The van der Waals surface area contributed by atoms with E-state index >= 15 is 0 Å². The Kier molecular flexibility index (Phi) is 2.04. The van der Waals surface area contributed by atoms with E-state index in [1.54, 1.807) is 0 Å². The van der Waals surface area contributed by atoms with Gasteiger partial charge in [0, 0.05) is 0 Å². The lowest BCUT2D eigenvalue weighted by Gasteiger charge is -2.07. The summed E-state index contributed by atoms with van der Waals surface area (Å²) in [6.45, 7) is 1.23. The Morgan fingerprint density at radius 2 is 1.83 bits per heavy atom. The maximum Gasteiger partial charge on any atom is 0.433 e. The molecule has 0 amide bonds. The number of pyridine rings is 1. The number of hydrogen-bond donors (Lipinski definition) is 0. The third-order valence-corrected chi connectivity index (χ3v) is 1.33. The van der Waals surface area contributed by atoms with Crippen LogP contribution in [-0.4, -0.2) is 4.98 Å². The van der Waals surface area contributed by atoms with Crippen LogP contribution >= 0.6 is 0 Å². The molecule has 0 aliphatic rings. The lowest BCUT2D eigenvalue weighted by molar-refractivity contribution is -0.142. The van der Waals surface area contributed by atoms with Crippen LogP contribution in [-0.2, 0) is 6.18 Å². The van der Waals surface area contributed by atoms with Gasteiger partial charge in [0.25, 0.3) is 0 Å². The summed E-state index contributed by atoms with van der Waals surface area (Å²) < 4.78 is 48.3. The van der Waals surface area contributed by atoms with Crippen LogP contribution in [0.1, 0.15) is 11.3 Å². The van der Waals surface area contributed by atoms with Crippen molar-refractivity contribution < 1.29 is 17.6 Å². The predicted octanol–water partition coefficient (Wildman–Crippen LogP) is 2.55. The van der Waals surface area contributed by atoms with Gasteiger partial charge >= 0.3 is 6.18 Å². The van der Waals surface area contributed by atoms with Crippen molar-refractivity contribution in [2.45, 2.75) is 13.1 Å². The molecule has 0 saturated heterocycles. The van der Waals surface area contributed by atoms with Crippen LogP contribution in [0, 0.1) is 12.9 Å². The van der Waals surface area contributed by atoms with E-state index in [0.29, 0.717) is 0 Å². The molecular weight excluding hydrogens is 174 g/mol. The molecule has 0 aliphatic carbocycles. The third kappa shape index (κ3) is 1.72. The second-order valence-corrected chi connectivity index (χ2v) is 2.30. The average molecular weight is 179 g/mol. The molecular formula is C7H5F4N. The molecule has 1 rings (SSSR count). The van der Waals surface area contributed by atoms with Crippen LogP contribution < -0.4 is 0 Å². The molecule has 12 heavy (non-hydrogen) atoms. The lowest BCUT2D eigenvalue weighted by Crippen LogP contribution is -2.11. The SMILES string of the molecule is Cc1ccc(F)nc1C(F)(F)F. The first-order chi connectivity index (χ1) is 5.41. The van der Waals surface area contributed by atoms with E-state index in [1.807, 2.05) is 0 Å². The first kappa shape index (κ1) is 8.96. The molecule has 0 spiro atoms. The molecule has 0 unspecified atom stereocenters. The van der Waals surface area contributed by atoms with Gasteiger partial charge in [0.15, 0.2) is 5.69 Å². The molecule has 66 valence electrons. The van der Waals surface area contributed by atoms with E-state index < -0.39 is 17.8 Å². The van der Waals surface area contributed by atoms with Gasteiger partial charge in [-0.05, 0) is 18.6 Å². The molecule has 0 aromatic carbocycles. The Balaban J connectivity index is 3.23. The zero-order valence-corrected chi connectivity index (χ0v) is 6.11. The third-order valence-electron chi connectivity index (χ3n) is 1.33. The predicted molar refractivity (Wildman–Crippen MR) is 33.9 cm³/mol. The summed E-state index contributed by atoms with van der Waals surface area (Å²) in [6, 6.07) is 1.94. The molecule has 0 fully saturated rings. The van der Waals surface area contributed by atoms with E-state index in [4.69, 9.17) is 0 Å². The van der Waals surface area contributed by atoms with Crippen LogP contribution in [0.15, 0.2) is 12.1 Å². The van der Waals surface area contributed by atoms with Gasteiger partial charge in [0.2, 0.25) is 5.95 Å². The van der Waals surface area contributed by atoms with Crippen molar-refractivity contribution in [3.8, 4) is 0 Å². The normalized spacial score (nSPS) is 11.8. The van der Waals surface area contributed by atoms with Gasteiger partial charge in [-0.25, -0.2) is 4.98 Å². The Bertz CT molecular complexity index is 292. The fourth-order valence-corrected chi connectivity index (χ4v) is 0.792. The summed E-state index contributed by atoms with van der Waals surface area (Å²) in [5.74, 6) is -1.12. The number of aryl methyl sites for hydroxylation is 1. The highest BCUT2D eigenvalue weighted by atomic mass is 19.4. The van der Waals surface area contributed by atoms with E-state index in [1.165, 1.54) is 6.92 Å². The van der Waals surface area contributed by atoms with E-state index in [9.17, 15) is 17.6 Å². The maximum absolute atomic E-state index is 12.3. The molecule has 0 atom stereocenters. The van der Waals surface area contributed by atoms with E-state index in [-0.39, 0.29) is 5.56 Å². The van der Waals surface area contributed by atoms with Crippen LogP contribution in [0.5, 0.6) is 0 Å². The van der Waals surface area contributed by atoms with Crippen molar-refractivity contribution in [1.29, 1.82) is 0 Å². The lowest BCUT2D eigenvalue weighted by atomic mass is 10.2. The molecule has 0 saturated carbocycles. The topological polar surface area (TPSA) is 12.9 Å². The Morgan fingerprint density at radius 1 is 1.25 bits per heavy atom. The Morgan fingerprint density at radius 3 is 2.25 bits per heavy atom. The van der Waals surface area contributed by atoms with Gasteiger partial charge in [0.05, 0.1) is 0 Å². The highest BCUT2D eigenvalue weighted by Crippen LogP contribution is 2.29. The molecule has 1 aromatic rings. The second kappa shape index (κ2) is 2.73. The maximum atomic E-state index is 12.3. The molecule has 1 heterocycles. The zero-order valence-electron chi connectivity index (χ0n) is 6.11. The quantitative estimate of drug-likeness (QED) is 0.440. The van der Waals surface area contributed by atoms with E-state index in [2.05, 4.69) is 4.98 Å². The highest BCUT2D eigenvalue weighted by Gasteiger charge is 2.34. The van der Waals surface area contributed by atoms with Crippen molar-refractivity contribution in [2.75, 3.05) is 0 Å². The van der Waals surface area contributed by atoms with E-state index in [0.717, 1.165) is 12.1 Å². The minimum Gasteiger partial charge on any atom is -0.215 e. The Hall–Kier alpha value is -1.13. The molecule has 1 nitrogen and oxygen atoms in total. The largest absolute Gasteiger partial charge is 0.433 e. The average Bonchev–Trinajstić information content (AvgIpc) is 1.92. The van der Waals surface area contributed by atoms with Crippen molar-refractivity contribution >= 4 is 0 Å². The fourth-order valence-electron chi connectivity index (χ4n) is 0.792.